The molecule has 2 amide bonds. The Labute approximate surface area is 537 Å². The maximum Gasteiger partial charge on any atom is 0.306 e. The third-order valence-electron chi connectivity index (χ3n) is 17.0. The lowest BCUT2D eigenvalue weighted by Gasteiger charge is -2.49. The van der Waals surface area contributed by atoms with Crippen LogP contribution in [0.2, 0.25) is 20.1 Å². The van der Waals surface area contributed by atoms with Gasteiger partial charge in [-0.15, -0.1) is 0 Å². The van der Waals surface area contributed by atoms with Gasteiger partial charge in [-0.25, -0.2) is 34.4 Å². The number of carboxylic acids is 2. The fourth-order valence-corrected chi connectivity index (χ4v) is 16.5. The van der Waals surface area contributed by atoms with E-state index in [1.165, 1.54) is 82.6 Å². The lowest BCUT2D eigenvalue weighted by Crippen LogP contribution is -2.59. The van der Waals surface area contributed by atoms with E-state index >= 15 is 8.78 Å². The highest BCUT2D eigenvalue weighted by Gasteiger charge is 2.55. The summed E-state index contributed by atoms with van der Waals surface area (Å²) >= 11 is 24.7. The Kier molecular flexibility index (Phi) is 19.2. The first kappa shape index (κ1) is 65.0. The normalized spacial score (nSPS) is 22.7. The van der Waals surface area contributed by atoms with E-state index < -0.39 is 139 Å². The summed E-state index contributed by atoms with van der Waals surface area (Å²) in [4.78, 5) is 55.4. The second-order valence-corrected chi connectivity index (χ2v) is 29.3. The van der Waals surface area contributed by atoms with Crippen molar-refractivity contribution in [2.45, 2.75) is 123 Å². The molecule has 2 N–H and O–H groups in total. The van der Waals surface area contributed by atoms with Crippen LogP contribution >= 0.6 is 46.4 Å². The van der Waals surface area contributed by atoms with Crippen LogP contribution in [-0.2, 0) is 48.7 Å². The number of rotatable bonds is 22. The predicted octanol–water partition coefficient (Wildman–Crippen LogP) is 13.1. The molecule has 2 aliphatic heterocycles. The quantitative estimate of drug-likeness (QED) is 0.0609. The lowest BCUT2D eigenvalue weighted by molar-refractivity contribution is -0.183. The molecule has 8 atom stereocenters. The van der Waals surface area contributed by atoms with Gasteiger partial charge in [0.2, 0.25) is 20.0 Å². The molecular weight excluding hydrogens is 1300 g/mol. The summed E-state index contributed by atoms with van der Waals surface area (Å²) in [6.45, 7) is -0.574. The van der Waals surface area contributed by atoms with Gasteiger partial charge in [-0.3, -0.25) is 27.8 Å². The Morgan fingerprint density at radius 1 is 0.489 bits per heavy atom. The zero-order valence-electron chi connectivity index (χ0n) is 47.7. The Morgan fingerprint density at radius 3 is 1.17 bits per heavy atom. The third-order valence-corrected chi connectivity index (χ3v) is 22.6. The number of halogens is 8. The van der Waals surface area contributed by atoms with E-state index in [-0.39, 0.29) is 46.3 Å². The van der Waals surface area contributed by atoms with Crippen LogP contribution in [0.15, 0.2) is 133 Å². The van der Waals surface area contributed by atoms with E-state index in [1.807, 2.05) is 0 Å². The van der Waals surface area contributed by atoms with Gasteiger partial charge in [-0.1, -0.05) is 107 Å². The smallest absolute Gasteiger partial charge is 0.306 e. The molecule has 476 valence electrons. The molecule has 6 aromatic rings. The Morgan fingerprint density at radius 2 is 0.856 bits per heavy atom. The van der Waals surface area contributed by atoms with Gasteiger partial charge in [0.1, 0.15) is 47.7 Å². The van der Waals surface area contributed by atoms with Gasteiger partial charge in [-0.2, -0.15) is 0 Å². The molecule has 6 aliphatic rings. The van der Waals surface area contributed by atoms with Crippen LogP contribution in [0, 0.1) is 35.1 Å². The van der Waals surface area contributed by atoms with Gasteiger partial charge in [-0.05, 0) is 158 Å². The average Bonchev–Trinajstić information content (AvgIpc) is 1.00. The highest BCUT2D eigenvalue weighted by molar-refractivity contribution is 7.94. The summed E-state index contributed by atoms with van der Waals surface area (Å²) in [5.74, 6) is -7.28. The molecule has 0 aromatic heterocycles. The number of aliphatic carboxylic acids is 2. The fraction of sp³-hybridized carbons (Fsp3) is 0.375. The number of benzene rings is 6. The molecule has 12 rings (SSSR count). The van der Waals surface area contributed by atoms with Crippen LogP contribution in [0.4, 0.5) is 28.9 Å². The standard InChI is InChI=1S/2C32H30Cl2F2N2O6S/c2*33-21-5-3-4-20(14-21)31-30(19-10-13-23(34)25(36)15-19)38(32(41)28(44-31)16-29(39)40)27(18-8-9-18)17-37(45(42,43)22-11-12-22)26-7-2-1-6-24(26)35/h2*1-7,10,13-15,18,22,27-28,30-31H,8-9,11-12,16-17H2,(H,39,40)/t27-,28+,30-,31-;27-,28-,30-,31-/m11/s1. The van der Waals surface area contributed by atoms with Crippen molar-refractivity contribution >= 4 is 102 Å². The minimum Gasteiger partial charge on any atom is -0.481 e. The maximum absolute atomic E-state index is 15.3. The number of anilines is 2. The van der Waals surface area contributed by atoms with Crippen molar-refractivity contribution in [2.75, 3.05) is 21.7 Å². The number of nitrogens with zero attached hydrogens (tertiary/aromatic N) is 4. The molecule has 90 heavy (non-hydrogen) atoms. The summed E-state index contributed by atoms with van der Waals surface area (Å²) in [7, 11) is -8.05. The van der Waals surface area contributed by atoms with Gasteiger partial charge >= 0.3 is 11.9 Å². The molecule has 26 heteroatoms. The van der Waals surface area contributed by atoms with Gasteiger partial charge in [0.15, 0.2) is 0 Å². The van der Waals surface area contributed by atoms with Gasteiger partial charge in [0, 0.05) is 10.0 Å². The minimum absolute atomic E-state index is 0.140. The lowest BCUT2D eigenvalue weighted by atomic mass is 9.89. The molecule has 6 aromatic carbocycles. The minimum atomic E-state index is -4.02. The summed E-state index contributed by atoms with van der Waals surface area (Å²) in [5, 5.41) is 18.5. The van der Waals surface area contributed by atoms with Crippen LogP contribution in [0.3, 0.4) is 0 Å². The SMILES string of the molecule is O=C(O)C[C@@H]1O[C@H](c2cccc(Cl)c2)[C@@H](c2ccc(Cl)c(F)c2)N([C@H](CN(c2ccccc2F)S(=O)(=O)C2CC2)C2CC2)C1=O.O=C(O)C[C@H]1O[C@H](c2cccc(Cl)c2)[C@@H](c2ccc(Cl)c(F)c2)N([C@H](CN(c2ccccc2F)S(=O)(=O)C2CC2)C2CC2)C1=O. The van der Waals surface area contributed by atoms with E-state index in [4.69, 9.17) is 55.9 Å². The number of para-hydroxylation sites is 2. The molecule has 4 saturated carbocycles. The number of amides is 2. The van der Waals surface area contributed by atoms with Gasteiger partial charge in [0.25, 0.3) is 11.8 Å². The van der Waals surface area contributed by atoms with Crippen molar-refractivity contribution < 1.29 is 73.3 Å². The van der Waals surface area contributed by atoms with Crippen molar-refractivity contribution in [1.29, 1.82) is 0 Å². The van der Waals surface area contributed by atoms with Gasteiger partial charge < -0.3 is 29.5 Å². The zero-order valence-corrected chi connectivity index (χ0v) is 52.4. The molecule has 0 spiro atoms. The maximum atomic E-state index is 15.3. The van der Waals surface area contributed by atoms with E-state index in [0.717, 1.165) is 8.61 Å². The van der Waals surface area contributed by atoms with Crippen LogP contribution in [0.5, 0.6) is 0 Å². The molecule has 0 unspecified atom stereocenters. The molecule has 4 aliphatic carbocycles. The van der Waals surface area contributed by atoms with Crippen LogP contribution in [0.25, 0.3) is 0 Å². The molecule has 0 bridgehead atoms. The molecular formula is C64H60Cl4F4N4O12S2. The van der Waals surface area contributed by atoms with E-state index in [1.54, 1.807) is 60.7 Å². The molecule has 6 fully saturated rings. The highest BCUT2D eigenvalue weighted by atomic mass is 35.5. The Hall–Kier alpha value is -6.50. The summed E-state index contributed by atoms with van der Waals surface area (Å²) < 4.78 is 130. The molecule has 2 heterocycles. The molecule has 0 radical (unpaired) electrons. The fourth-order valence-electron chi connectivity index (χ4n) is 12.1. The average molecular weight is 1360 g/mol. The van der Waals surface area contributed by atoms with Crippen LogP contribution < -0.4 is 8.61 Å². The zero-order chi connectivity index (χ0) is 64.1. The first-order valence-electron chi connectivity index (χ1n) is 29.2. The number of morpholine rings is 2. The predicted molar refractivity (Wildman–Crippen MR) is 329 cm³/mol. The molecule has 16 nitrogen and oxygen atoms in total. The van der Waals surface area contributed by atoms with Crippen LogP contribution in [-0.4, -0.2) is 108 Å². The topological polar surface area (TPSA) is 208 Å². The van der Waals surface area contributed by atoms with Crippen molar-refractivity contribution in [3.05, 3.63) is 199 Å². The Balaban J connectivity index is 0.000000185. The molecule has 2 saturated heterocycles. The number of carboxylic acid groups (broad SMARTS) is 2. The number of carbonyl (C=O) groups is 4. The van der Waals surface area contributed by atoms with Crippen molar-refractivity contribution in [3.63, 3.8) is 0 Å². The van der Waals surface area contributed by atoms with Gasteiger partial charge in [0.05, 0.1) is 82.0 Å². The van der Waals surface area contributed by atoms with Crippen molar-refractivity contribution in [2.24, 2.45) is 11.8 Å². The van der Waals surface area contributed by atoms with E-state index in [2.05, 4.69) is 0 Å². The Bertz CT molecular complexity index is 3720. The first-order valence-corrected chi connectivity index (χ1v) is 33.7. The van der Waals surface area contributed by atoms with Crippen molar-refractivity contribution in [1.82, 2.24) is 9.80 Å². The van der Waals surface area contributed by atoms with E-state index in [0.29, 0.717) is 83.7 Å². The number of sulfonamides is 2. The van der Waals surface area contributed by atoms with E-state index in [9.17, 15) is 55.0 Å². The second-order valence-electron chi connectivity index (χ2n) is 23.4. The number of carbonyl (C=O) groups excluding carboxylic acids is 2. The number of hydrogen-bond donors (Lipinski definition) is 2. The summed E-state index contributed by atoms with van der Waals surface area (Å²) in [6.07, 6.45) is -1.92. The second kappa shape index (κ2) is 26.6. The third kappa shape index (κ3) is 14.1. The van der Waals surface area contributed by atoms with Crippen molar-refractivity contribution in [3.8, 4) is 0 Å². The first-order chi connectivity index (χ1) is 42.9. The largest absolute Gasteiger partial charge is 0.481 e. The summed E-state index contributed by atoms with van der Waals surface area (Å²) in [6, 6.07) is 28.8. The van der Waals surface area contributed by atoms with Crippen LogP contribution in [0.1, 0.15) is 111 Å². The highest BCUT2D eigenvalue weighted by Crippen LogP contribution is 2.52. The number of ether oxygens (including phenoxy) is 2. The number of hydrogen-bond acceptors (Lipinski definition) is 10. The monoisotopic (exact) mass is 1360 g/mol. The summed E-state index contributed by atoms with van der Waals surface area (Å²) in [5.41, 5.74) is 1.33.